The highest BCUT2D eigenvalue weighted by Crippen LogP contribution is 2.14. The summed E-state index contributed by atoms with van der Waals surface area (Å²) in [7, 11) is 0. The minimum atomic E-state index is 0.611. The molecule has 5 nitrogen and oxygen atoms in total. The maximum absolute atomic E-state index is 3.79. The molecule has 2 rings (SSSR count). The molecule has 2 N–H and O–H groups in total. The van der Waals surface area contributed by atoms with Crippen LogP contribution >= 0.6 is 0 Å². The van der Waals surface area contributed by atoms with Crippen LogP contribution in [0.3, 0.4) is 0 Å². The number of tetrazole rings is 1. The molecule has 0 aliphatic carbocycles. The van der Waals surface area contributed by atoms with Gasteiger partial charge in [-0.05, 0) is 29.0 Å². The Morgan fingerprint density at radius 2 is 2.36 bits per heavy atom. The standard InChI is InChI=1S/C6H6N5/c1-4-2-3-7-5(4)6-8-10-11-9-6/h2-3,7H,1H2,(H,8,9,10,11). The van der Waals surface area contributed by atoms with Gasteiger partial charge in [-0.15, -0.1) is 5.10 Å². The Morgan fingerprint density at radius 3 is 2.91 bits per heavy atom. The fourth-order valence-corrected chi connectivity index (χ4v) is 0.887. The fourth-order valence-electron chi connectivity index (χ4n) is 0.887. The van der Waals surface area contributed by atoms with Crippen LogP contribution in [0.1, 0.15) is 5.56 Å². The second-order valence-corrected chi connectivity index (χ2v) is 2.13. The molecule has 0 aliphatic heterocycles. The van der Waals surface area contributed by atoms with Gasteiger partial charge < -0.3 is 4.98 Å². The number of rotatable bonds is 1. The van der Waals surface area contributed by atoms with Crippen molar-refractivity contribution in [1.29, 1.82) is 0 Å². The quantitative estimate of drug-likeness (QED) is 0.614. The Bertz CT molecular complexity index is 333. The van der Waals surface area contributed by atoms with E-state index in [0.29, 0.717) is 5.82 Å². The molecule has 0 aromatic carbocycles. The largest absolute Gasteiger partial charge is 0.358 e. The molecule has 0 amide bonds. The number of aromatic nitrogens is 5. The molecule has 0 saturated carbocycles. The monoisotopic (exact) mass is 148 g/mol. The maximum atomic E-state index is 3.79. The fraction of sp³-hybridized carbons (Fsp3) is 0. The van der Waals surface area contributed by atoms with Crippen molar-refractivity contribution in [3.63, 3.8) is 0 Å². The Morgan fingerprint density at radius 1 is 1.45 bits per heavy atom. The first-order valence-electron chi connectivity index (χ1n) is 3.11. The second kappa shape index (κ2) is 2.19. The van der Waals surface area contributed by atoms with Crippen LogP contribution in [0, 0.1) is 6.92 Å². The molecular formula is C6H6N5. The Hall–Kier alpha value is -1.65. The Labute approximate surface area is 62.8 Å². The summed E-state index contributed by atoms with van der Waals surface area (Å²) in [5.74, 6) is 0.611. The van der Waals surface area contributed by atoms with E-state index in [1.807, 2.05) is 6.07 Å². The zero-order valence-electron chi connectivity index (χ0n) is 5.70. The molecular weight excluding hydrogens is 142 g/mol. The van der Waals surface area contributed by atoms with Gasteiger partial charge in [-0.25, -0.2) is 5.10 Å². The number of nitrogens with zero attached hydrogens (tertiary/aromatic N) is 3. The number of hydrogen-bond acceptors (Lipinski definition) is 3. The molecule has 0 bridgehead atoms. The summed E-state index contributed by atoms with van der Waals surface area (Å²) in [4.78, 5) is 2.97. The van der Waals surface area contributed by atoms with Gasteiger partial charge in [-0.3, -0.25) is 0 Å². The number of nitrogens with one attached hydrogen (secondary N) is 2. The van der Waals surface area contributed by atoms with Crippen LogP contribution in [0.25, 0.3) is 11.5 Å². The third kappa shape index (κ3) is 0.899. The molecule has 5 heteroatoms. The molecule has 0 unspecified atom stereocenters. The molecule has 55 valence electrons. The van der Waals surface area contributed by atoms with E-state index in [4.69, 9.17) is 0 Å². The van der Waals surface area contributed by atoms with Crippen LogP contribution in [0.4, 0.5) is 0 Å². The SMILES string of the molecule is [CH2]c1cc[nH]c1-c1nnn[nH]1. The summed E-state index contributed by atoms with van der Waals surface area (Å²) in [5, 5.41) is 13.3. The van der Waals surface area contributed by atoms with Crippen LogP contribution in [-0.2, 0) is 0 Å². The van der Waals surface area contributed by atoms with Crippen molar-refractivity contribution in [3.8, 4) is 11.5 Å². The molecule has 0 spiro atoms. The zero-order valence-corrected chi connectivity index (χ0v) is 5.70. The molecule has 0 aliphatic rings. The first kappa shape index (κ1) is 6.09. The summed E-state index contributed by atoms with van der Waals surface area (Å²) in [5.41, 5.74) is 1.71. The first-order chi connectivity index (χ1) is 5.38. The van der Waals surface area contributed by atoms with Crippen molar-refractivity contribution >= 4 is 0 Å². The van der Waals surface area contributed by atoms with Gasteiger partial charge in [0.2, 0.25) is 0 Å². The summed E-state index contributed by atoms with van der Waals surface area (Å²) in [6.07, 6.45) is 1.79. The van der Waals surface area contributed by atoms with Crippen molar-refractivity contribution in [2.75, 3.05) is 0 Å². The number of hydrogen-bond donors (Lipinski definition) is 2. The summed E-state index contributed by atoms with van der Waals surface area (Å²) >= 11 is 0. The first-order valence-corrected chi connectivity index (χ1v) is 3.11. The van der Waals surface area contributed by atoms with Gasteiger partial charge >= 0.3 is 0 Å². The molecule has 2 heterocycles. The van der Waals surface area contributed by atoms with Crippen LogP contribution in [0.5, 0.6) is 0 Å². The van der Waals surface area contributed by atoms with Gasteiger partial charge in [-0.2, -0.15) is 0 Å². The predicted octanol–water partition coefficient (Wildman–Crippen LogP) is 0.377. The van der Waals surface area contributed by atoms with Crippen molar-refractivity contribution < 1.29 is 0 Å². The molecule has 11 heavy (non-hydrogen) atoms. The van der Waals surface area contributed by atoms with E-state index in [9.17, 15) is 0 Å². The average molecular weight is 148 g/mol. The van der Waals surface area contributed by atoms with E-state index in [1.165, 1.54) is 0 Å². The van der Waals surface area contributed by atoms with Crippen molar-refractivity contribution in [2.45, 2.75) is 0 Å². The van der Waals surface area contributed by atoms with Crippen LogP contribution in [0.2, 0.25) is 0 Å². The third-order valence-corrected chi connectivity index (χ3v) is 1.42. The lowest BCUT2D eigenvalue weighted by Gasteiger charge is -1.89. The van der Waals surface area contributed by atoms with Gasteiger partial charge in [0.15, 0.2) is 5.82 Å². The third-order valence-electron chi connectivity index (χ3n) is 1.42. The molecule has 1 radical (unpaired) electrons. The van der Waals surface area contributed by atoms with Crippen molar-refractivity contribution in [3.05, 3.63) is 24.8 Å². The van der Waals surface area contributed by atoms with Crippen molar-refractivity contribution in [2.24, 2.45) is 0 Å². The van der Waals surface area contributed by atoms with E-state index in [-0.39, 0.29) is 0 Å². The minimum Gasteiger partial charge on any atom is -0.358 e. The molecule has 0 saturated heterocycles. The topological polar surface area (TPSA) is 70.2 Å². The molecule has 0 atom stereocenters. The normalized spacial score (nSPS) is 10.3. The lowest BCUT2D eigenvalue weighted by Crippen LogP contribution is -1.82. The highest BCUT2D eigenvalue weighted by atomic mass is 15.5. The van der Waals surface area contributed by atoms with Crippen LogP contribution in [0.15, 0.2) is 12.3 Å². The van der Waals surface area contributed by atoms with Crippen molar-refractivity contribution in [1.82, 2.24) is 25.6 Å². The Kier molecular flexibility index (Phi) is 1.21. The lowest BCUT2D eigenvalue weighted by atomic mass is 10.3. The number of H-pyrrole nitrogens is 2. The van der Waals surface area contributed by atoms with E-state index >= 15 is 0 Å². The summed E-state index contributed by atoms with van der Waals surface area (Å²) in [6.45, 7) is 3.79. The van der Waals surface area contributed by atoms with E-state index in [2.05, 4.69) is 32.5 Å². The van der Waals surface area contributed by atoms with Gasteiger partial charge in [0.1, 0.15) is 0 Å². The molecule has 0 fully saturated rings. The lowest BCUT2D eigenvalue weighted by molar-refractivity contribution is 0.881. The van der Waals surface area contributed by atoms with Crippen LogP contribution < -0.4 is 0 Å². The maximum Gasteiger partial charge on any atom is 0.196 e. The summed E-state index contributed by atoms with van der Waals surface area (Å²) in [6, 6.07) is 1.86. The highest BCUT2D eigenvalue weighted by Gasteiger charge is 2.04. The number of aromatic amines is 2. The van der Waals surface area contributed by atoms with E-state index in [0.717, 1.165) is 11.3 Å². The molecule has 2 aromatic heterocycles. The van der Waals surface area contributed by atoms with Crippen LogP contribution in [-0.4, -0.2) is 25.6 Å². The zero-order chi connectivity index (χ0) is 7.68. The Balaban J connectivity index is 2.53. The summed E-state index contributed by atoms with van der Waals surface area (Å²) < 4.78 is 0. The average Bonchev–Trinajstić information content (AvgIpc) is 2.55. The van der Waals surface area contributed by atoms with Gasteiger partial charge in [-0.1, -0.05) is 0 Å². The minimum absolute atomic E-state index is 0.611. The van der Waals surface area contributed by atoms with E-state index < -0.39 is 0 Å². The van der Waals surface area contributed by atoms with E-state index in [1.54, 1.807) is 6.20 Å². The van der Waals surface area contributed by atoms with Gasteiger partial charge in [0.25, 0.3) is 0 Å². The predicted molar refractivity (Wildman–Crippen MR) is 38.4 cm³/mol. The highest BCUT2D eigenvalue weighted by molar-refractivity contribution is 5.55. The second-order valence-electron chi connectivity index (χ2n) is 2.13. The van der Waals surface area contributed by atoms with Gasteiger partial charge in [0, 0.05) is 6.20 Å². The smallest absolute Gasteiger partial charge is 0.196 e. The molecule has 2 aromatic rings. The van der Waals surface area contributed by atoms with Gasteiger partial charge in [0.05, 0.1) is 5.69 Å².